The van der Waals surface area contributed by atoms with Gasteiger partial charge in [0.2, 0.25) is 5.91 Å². The maximum atomic E-state index is 14.7. The zero-order valence-electron chi connectivity index (χ0n) is 31.2. The molecule has 0 bridgehead atoms. The third-order valence-corrected chi connectivity index (χ3v) is 11.3. The molecule has 55 heavy (non-hydrogen) atoms. The van der Waals surface area contributed by atoms with Gasteiger partial charge in [0.15, 0.2) is 5.82 Å². The Morgan fingerprint density at radius 2 is 1.67 bits per heavy atom. The van der Waals surface area contributed by atoms with E-state index in [1.807, 2.05) is 79.0 Å². The molecule has 4 heterocycles. The van der Waals surface area contributed by atoms with E-state index in [4.69, 9.17) is 32.9 Å². The second kappa shape index (κ2) is 17.1. The van der Waals surface area contributed by atoms with Crippen molar-refractivity contribution >= 4 is 68.7 Å². The van der Waals surface area contributed by atoms with Gasteiger partial charge in [0, 0.05) is 71.0 Å². The number of aromatic amines is 1. The predicted molar refractivity (Wildman–Crippen MR) is 223 cm³/mol. The Morgan fingerprint density at radius 1 is 0.964 bits per heavy atom. The smallest absolute Gasteiger partial charge is 0.272 e. The molecule has 2 aromatic heterocycles. The number of fused-ring (bicyclic) bond motifs is 1. The van der Waals surface area contributed by atoms with Crippen molar-refractivity contribution in [3.8, 4) is 0 Å². The highest BCUT2D eigenvalue weighted by Gasteiger charge is 2.31. The third-order valence-electron chi connectivity index (χ3n) is 10.8. The number of hydrogen-bond donors (Lipinski definition) is 3. The van der Waals surface area contributed by atoms with Crippen molar-refractivity contribution in [2.75, 3.05) is 36.5 Å². The molecular weight excluding hydrogens is 731 g/mol. The Bertz CT molecular complexity index is 2190. The van der Waals surface area contributed by atoms with Crippen LogP contribution in [0.4, 0.5) is 11.5 Å². The maximum absolute atomic E-state index is 14.7. The zero-order chi connectivity index (χ0) is 38.5. The second-order valence-electron chi connectivity index (χ2n) is 14.2. The quantitative estimate of drug-likeness (QED) is 0.124. The fraction of sp³-hybridized carbons (Fsp3) is 0.295. The lowest BCUT2D eigenvalue weighted by Gasteiger charge is -2.34. The summed E-state index contributed by atoms with van der Waals surface area (Å²) in [5, 5.41) is 8.48. The van der Waals surface area contributed by atoms with Crippen LogP contribution >= 0.6 is 23.2 Å². The van der Waals surface area contributed by atoms with E-state index in [1.54, 1.807) is 6.20 Å². The SMILES string of the molecule is C=CN(/C(=C(\C)c1ccccc1)c1c(C(=O)Nc2cccnc2N2CCC(C(=O)NC3CCOCC3)CC2)[nH]c2cc(Cl)ccc12)C(C)c1ccc(Cl)cc1. The third kappa shape index (κ3) is 8.44. The molecule has 2 aliphatic rings. The van der Waals surface area contributed by atoms with E-state index in [0.29, 0.717) is 72.0 Å². The number of benzene rings is 3. The molecule has 11 heteroatoms. The van der Waals surface area contributed by atoms with Gasteiger partial charge in [-0.05, 0) is 98.8 Å². The van der Waals surface area contributed by atoms with Crippen LogP contribution in [0.1, 0.15) is 72.8 Å². The summed E-state index contributed by atoms with van der Waals surface area (Å²) in [5.41, 5.74) is 6.20. The van der Waals surface area contributed by atoms with Crippen molar-refractivity contribution in [2.24, 2.45) is 5.92 Å². The fourth-order valence-corrected chi connectivity index (χ4v) is 8.01. The minimum absolute atomic E-state index is 0.0669. The van der Waals surface area contributed by atoms with Gasteiger partial charge in [0.1, 0.15) is 5.69 Å². The molecule has 7 rings (SSSR count). The number of piperidine rings is 1. The lowest BCUT2D eigenvalue weighted by atomic mass is 9.95. The molecule has 2 fully saturated rings. The molecule has 284 valence electrons. The zero-order valence-corrected chi connectivity index (χ0v) is 32.7. The number of ether oxygens (including phenoxy) is 1. The number of hydrogen-bond acceptors (Lipinski definition) is 6. The van der Waals surface area contributed by atoms with Crippen molar-refractivity contribution in [3.63, 3.8) is 0 Å². The Hall–Kier alpha value is -5.09. The lowest BCUT2D eigenvalue weighted by Crippen LogP contribution is -2.45. The Balaban J connectivity index is 1.23. The standard InChI is InChI=1S/C44H46Cl2N6O3/c1-4-52(29(3)31-12-14-33(45)15-13-31)41(28(2)30-9-6-5-7-10-30)39-36-17-16-34(46)27-38(36)49-40(39)44(54)50-37-11-8-22-47-42(37)51-23-18-32(19-24-51)43(53)48-35-20-25-55-26-21-35/h4-17,22,27,29,32,35,49H,1,18-21,23-26H2,2-3H3,(H,48,53)(H,50,54)/b41-28+. The Kier molecular flexibility index (Phi) is 11.9. The van der Waals surface area contributed by atoms with E-state index in [9.17, 15) is 9.59 Å². The number of carbonyl (C=O) groups is 2. The topological polar surface area (TPSA) is 103 Å². The largest absolute Gasteiger partial charge is 0.381 e. The Morgan fingerprint density at radius 3 is 2.38 bits per heavy atom. The van der Waals surface area contributed by atoms with E-state index < -0.39 is 0 Å². The molecule has 1 atom stereocenters. The summed E-state index contributed by atoms with van der Waals surface area (Å²) in [4.78, 5) is 40.3. The molecule has 2 aliphatic heterocycles. The highest BCUT2D eigenvalue weighted by molar-refractivity contribution is 6.31. The van der Waals surface area contributed by atoms with Crippen LogP contribution in [0.3, 0.4) is 0 Å². The highest BCUT2D eigenvalue weighted by atomic mass is 35.5. The van der Waals surface area contributed by atoms with Gasteiger partial charge in [-0.15, -0.1) is 0 Å². The molecule has 1 unspecified atom stereocenters. The van der Waals surface area contributed by atoms with E-state index in [-0.39, 0.29) is 29.8 Å². The van der Waals surface area contributed by atoms with Crippen LogP contribution in [0.2, 0.25) is 10.0 Å². The van der Waals surface area contributed by atoms with Gasteiger partial charge in [-0.25, -0.2) is 4.98 Å². The number of rotatable bonds is 11. The minimum atomic E-state index is -0.330. The molecule has 5 aromatic rings. The molecule has 9 nitrogen and oxygen atoms in total. The van der Waals surface area contributed by atoms with Crippen LogP contribution in [0.15, 0.2) is 104 Å². The summed E-state index contributed by atoms with van der Waals surface area (Å²) in [7, 11) is 0. The van der Waals surface area contributed by atoms with Crippen molar-refractivity contribution in [1.29, 1.82) is 0 Å². The van der Waals surface area contributed by atoms with Gasteiger partial charge in [0.05, 0.1) is 17.4 Å². The highest BCUT2D eigenvalue weighted by Crippen LogP contribution is 2.41. The first-order valence-corrected chi connectivity index (χ1v) is 19.6. The molecule has 0 aliphatic carbocycles. The predicted octanol–water partition coefficient (Wildman–Crippen LogP) is 9.73. The lowest BCUT2D eigenvalue weighted by molar-refractivity contribution is -0.126. The average Bonchev–Trinajstić information content (AvgIpc) is 3.59. The number of nitrogens with zero attached hydrogens (tertiary/aromatic N) is 3. The minimum Gasteiger partial charge on any atom is -0.381 e. The van der Waals surface area contributed by atoms with Gasteiger partial charge < -0.3 is 30.2 Å². The van der Waals surface area contributed by atoms with Crippen molar-refractivity contribution < 1.29 is 14.3 Å². The fourth-order valence-electron chi connectivity index (χ4n) is 7.71. The molecule has 0 spiro atoms. The molecule has 0 saturated carbocycles. The molecule has 2 amide bonds. The summed E-state index contributed by atoms with van der Waals surface area (Å²) in [6.45, 7) is 11.1. The molecule has 3 N–H and O–H groups in total. The number of carbonyl (C=O) groups excluding carboxylic acids is 2. The first-order chi connectivity index (χ1) is 26.7. The van der Waals surface area contributed by atoms with Crippen molar-refractivity contribution in [1.82, 2.24) is 20.2 Å². The van der Waals surface area contributed by atoms with Crippen LogP contribution in [0, 0.1) is 5.92 Å². The average molecular weight is 778 g/mol. The normalized spacial score (nSPS) is 16.3. The van der Waals surface area contributed by atoms with Crippen molar-refractivity contribution in [3.05, 3.63) is 136 Å². The molecule has 2 saturated heterocycles. The second-order valence-corrected chi connectivity index (χ2v) is 15.1. The van der Waals surface area contributed by atoms with Gasteiger partial charge in [0.25, 0.3) is 5.91 Å². The number of allylic oxidation sites excluding steroid dienone is 1. The van der Waals surface area contributed by atoms with E-state index in [2.05, 4.69) is 58.0 Å². The maximum Gasteiger partial charge on any atom is 0.272 e. The van der Waals surface area contributed by atoms with Gasteiger partial charge in [-0.3, -0.25) is 9.59 Å². The van der Waals surface area contributed by atoms with Crippen LogP contribution in [0.5, 0.6) is 0 Å². The molecular formula is C44H46Cl2N6O3. The monoisotopic (exact) mass is 776 g/mol. The van der Waals surface area contributed by atoms with Crippen molar-refractivity contribution in [2.45, 2.75) is 51.6 Å². The summed E-state index contributed by atoms with van der Waals surface area (Å²) < 4.78 is 5.45. The number of H-pyrrole nitrogens is 1. The number of pyridine rings is 1. The first kappa shape index (κ1) is 38.2. The van der Waals surface area contributed by atoms with Crippen LogP contribution < -0.4 is 15.5 Å². The van der Waals surface area contributed by atoms with Crippen LogP contribution in [0.25, 0.3) is 22.2 Å². The van der Waals surface area contributed by atoms with Gasteiger partial charge >= 0.3 is 0 Å². The number of anilines is 2. The number of amides is 2. The van der Waals surface area contributed by atoms with Crippen LogP contribution in [-0.4, -0.2) is 59.0 Å². The molecule has 3 aromatic carbocycles. The first-order valence-electron chi connectivity index (χ1n) is 18.9. The number of halogens is 2. The van der Waals surface area contributed by atoms with Gasteiger partial charge in [-0.1, -0.05) is 78.3 Å². The van der Waals surface area contributed by atoms with Crippen LogP contribution in [-0.2, 0) is 9.53 Å². The summed E-state index contributed by atoms with van der Waals surface area (Å²) in [6, 6.07) is 27.2. The molecule has 0 radical (unpaired) electrons. The van der Waals surface area contributed by atoms with Gasteiger partial charge in [-0.2, -0.15) is 0 Å². The van der Waals surface area contributed by atoms with E-state index in [0.717, 1.165) is 46.1 Å². The summed E-state index contributed by atoms with van der Waals surface area (Å²) in [5.74, 6) is 0.382. The number of aromatic nitrogens is 2. The summed E-state index contributed by atoms with van der Waals surface area (Å²) in [6.07, 6.45) is 6.63. The Labute approximate surface area is 332 Å². The number of nitrogens with one attached hydrogen (secondary N) is 3. The summed E-state index contributed by atoms with van der Waals surface area (Å²) >= 11 is 12.8. The van der Waals surface area contributed by atoms with E-state index >= 15 is 0 Å². The van der Waals surface area contributed by atoms with E-state index in [1.165, 1.54) is 0 Å².